The minimum absolute atomic E-state index is 0.0538. The monoisotopic (exact) mass is 348 g/mol. The largest absolute Gasteiger partial charge is 0.492 e. The zero-order chi connectivity index (χ0) is 18.0. The summed E-state index contributed by atoms with van der Waals surface area (Å²) in [5.41, 5.74) is 0.0756. The highest BCUT2D eigenvalue weighted by Gasteiger charge is 2.39. The number of urea groups is 1. The predicted octanol–water partition coefficient (Wildman–Crippen LogP) is 1.88. The highest BCUT2D eigenvalue weighted by Crippen LogP contribution is 2.31. The molecule has 1 aliphatic heterocycles. The van der Waals surface area contributed by atoms with Crippen molar-refractivity contribution in [3.63, 3.8) is 0 Å². The Balaban J connectivity index is 1.64. The molecule has 9 nitrogen and oxygen atoms in total. The van der Waals surface area contributed by atoms with Gasteiger partial charge in [-0.2, -0.15) is 0 Å². The number of nitro groups is 1. The number of non-ortho nitro benzene ring substituents is 1. The Bertz CT molecular complexity index is 704. The molecule has 3 amide bonds. The van der Waals surface area contributed by atoms with Gasteiger partial charge in [0.15, 0.2) is 0 Å². The fourth-order valence-corrected chi connectivity index (χ4v) is 2.92. The average molecular weight is 348 g/mol. The molecule has 9 heteroatoms. The molecule has 1 saturated heterocycles. The lowest BCUT2D eigenvalue weighted by Gasteiger charge is -2.17. The van der Waals surface area contributed by atoms with Crippen LogP contribution in [0, 0.1) is 10.1 Å². The maximum atomic E-state index is 12.2. The number of hydrogen-bond acceptors (Lipinski definition) is 5. The van der Waals surface area contributed by atoms with Crippen LogP contribution in [-0.4, -0.2) is 47.0 Å². The SMILES string of the molecule is CCOc1ccc([N+](=O)[O-])cc1NC(=O)NC1CC(=O)N(C2CC2)C1. The van der Waals surface area contributed by atoms with E-state index in [1.165, 1.54) is 18.2 Å². The van der Waals surface area contributed by atoms with Gasteiger partial charge in [0.2, 0.25) is 5.91 Å². The van der Waals surface area contributed by atoms with Crippen molar-refractivity contribution in [2.75, 3.05) is 18.5 Å². The Labute approximate surface area is 144 Å². The van der Waals surface area contributed by atoms with Gasteiger partial charge in [0.05, 0.1) is 23.3 Å². The molecular weight excluding hydrogens is 328 g/mol. The molecule has 3 rings (SSSR count). The number of amides is 3. The lowest BCUT2D eigenvalue weighted by atomic mass is 10.2. The first-order chi connectivity index (χ1) is 12.0. The van der Waals surface area contributed by atoms with Crippen LogP contribution < -0.4 is 15.4 Å². The number of nitrogens with zero attached hydrogens (tertiary/aromatic N) is 2. The highest BCUT2D eigenvalue weighted by atomic mass is 16.6. The van der Waals surface area contributed by atoms with Crippen LogP contribution in [0.3, 0.4) is 0 Å². The van der Waals surface area contributed by atoms with E-state index >= 15 is 0 Å². The van der Waals surface area contributed by atoms with Gasteiger partial charge in [-0.1, -0.05) is 0 Å². The number of carbonyl (C=O) groups excluding carboxylic acids is 2. The maximum Gasteiger partial charge on any atom is 0.319 e. The van der Waals surface area contributed by atoms with E-state index in [1.807, 2.05) is 4.90 Å². The minimum atomic E-state index is -0.540. The number of nitrogens with one attached hydrogen (secondary N) is 2. The highest BCUT2D eigenvalue weighted by molar-refractivity contribution is 5.92. The minimum Gasteiger partial charge on any atom is -0.492 e. The van der Waals surface area contributed by atoms with Crippen LogP contribution in [0.15, 0.2) is 18.2 Å². The first-order valence-electron chi connectivity index (χ1n) is 8.26. The van der Waals surface area contributed by atoms with Crippen LogP contribution in [0.4, 0.5) is 16.2 Å². The summed E-state index contributed by atoms with van der Waals surface area (Å²) >= 11 is 0. The molecule has 1 heterocycles. The lowest BCUT2D eigenvalue weighted by molar-refractivity contribution is -0.384. The summed E-state index contributed by atoms with van der Waals surface area (Å²) in [6, 6.07) is 3.56. The fraction of sp³-hybridized carbons (Fsp3) is 0.500. The second-order valence-electron chi connectivity index (χ2n) is 6.15. The number of anilines is 1. The van der Waals surface area contributed by atoms with E-state index in [1.54, 1.807) is 6.92 Å². The van der Waals surface area contributed by atoms with Gasteiger partial charge in [-0.3, -0.25) is 14.9 Å². The molecule has 0 aromatic heterocycles. The quantitative estimate of drug-likeness (QED) is 0.602. The van der Waals surface area contributed by atoms with Gasteiger partial charge in [-0.05, 0) is 25.8 Å². The van der Waals surface area contributed by atoms with E-state index in [-0.39, 0.29) is 29.7 Å². The van der Waals surface area contributed by atoms with Crippen molar-refractivity contribution in [2.24, 2.45) is 0 Å². The van der Waals surface area contributed by atoms with Crippen molar-refractivity contribution in [3.8, 4) is 5.75 Å². The molecule has 134 valence electrons. The Kier molecular flexibility index (Phi) is 4.73. The molecule has 1 atom stereocenters. The van der Waals surface area contributed by atoms with E-state index in [9.17, 15) is 19.7 Å². The molecule has 1 aliphatic carbocycles. The van der Waals surface area contributed by atoms with Crippen LogP contribution in [0.2, 0.25) is 0 Å². The summed E-state index contributed by atoms with van der Waals surface area (Å²) in [5.74, 6) is 0.406. The number of carbonyl (C=O) groups is 2. The van der Waals surface area contributed by atoms with Crippen molar-refractivity contribution in [1.82, 2.24) is 10.2 Å². The van der Waals surface area contributed by atoms with Crippen LogP contribution in [0.1, 0.15) is 26.2 Å². The van der Waals surface area contributed by atoms with Crippen LogP contribution in [-0.2, 0) is 4.79 Å². The van der Waals surface area contributed by atoms with Crippen molar-refractivity contribution >= 4 is 23.3 Å². The molecule has 2 aliphatic rings. The fourth-order valence-electron chi connectivity index (χ4n) is 2.92. The van der Waals surface area contributed by atoms with E-state index < -0.39 is 11.0 Å². The molecule has 1 saturated carbocycles. The number of benzene rings is 1. The third-order valence-electron chi connectivity index (χ3n) is 4.20. The van der Waals surface area contributed by atoms with Crippen molar-refractivity contribution in [2.45, 2.75) is 38.3 Å². The summed E-state index contributed by atoms with van der Waals surface area (Å²) in [7, 11) is 0. The zero-order valence-corrected chi connectivity index (χ0v) is 13.9. The van der Waals surface area contributed by atoms with E-state index in [4.69, 9.17) is 4.74 Å². The third-order valence-corrected chi connectivity index (χ3v) is 4.20. The van der Waals surface area contributed by atoms with Gasteiger partial charge in [-0.15, -0.1) is 0 Å². The first kappa shape index (κ1) is 17.0. The van der Waals surface area contributed by atoms with Gasteiger partial charge in [0, 0.05) is 31.1 Å². The average Bonchev–Trinajstić information content (AvgIpc) is 3.33. The molecule has 0 bridgehead atoms. The number of ether oxygens (including phenoxy) is 1. The normalized spacial score (nSPS) is 19.6. The first-order valence-corrected chi connectivity index (χ1v) is 8.26. The summed E-state index contributed by atoms with van der Waals surface area (Å²) in [4.78, 5) is 36.3. The van der Waals surface area contributed by atoms with E-state index in [0.717, 1.165) is 12.8 Å². The summed E-state index contributed by atoms with van der Waals surface area (Å²) in [6.07, 6.45) is 2.32. The number of hydrogen-bond donors (Lipinski definition) is 2. The van der Waals surface area contributed by atoms with Gasteiger partial charge < -0.3 is 20.3 Å². The Morgan fingerprint density at radius 2 is 2.20 bits per heavy atom. The van der Waals surface area contributed by atoms with Gasteiger partial charge in [-0.25, -0.2) is 4.79 Å². The Hall–Kier alpha value is -2.84. The summed E-state index contributed by atoms with van der Waals surface area (Å²) in [6.45, 7) is 2.65. The van der Waals surface area contributed by atoms with E-state index in [2.05, 4.69) is 10.6 Å². The second kappa shape index (κ2) is 6.96. The van der Waals surface area contributed by atoms with Crippen molar-refractivity contribution in [1.29, 1.82) is 0 Å². The van der Waals surface area contributed by atoms with Crippen LogP contribution in [0.25, 0.3) is 0 Å². The molecule has 0 spiro atoms. The zero-order valence-electron chi connectivity index (χ0n) is 13.9. The van der Waals surface area contributed by atoms with Crippen molar-refractivity contribution < 1.29 is 19.2 Å². The smallest absolute Gasteiger partial charge is 0.319 e. The predicted molar refractivity (Wildman–Crippen MR) is 89.6 cm³/mol. The summed E-state index contributed by atoms with van der Waals surface area (Å²) < 4.78 is 5.39. The molecule has 0 radical (unpaired) electrons. The van der Waals surface area contributed by atoms with E-state index in [0.29, 0.717) is 24.9 Å². The third kappa shape index (κ3) is 3.98. The summed E-state index contributed by atoms with van der Waals surface area (Å²) in [5, 5.41) is 16.3. The Morgan fingerprint density at radius 3 is 2.84 bits per heavy atom. The van der Waals surface area contributed by atoms with Crippen LogP contribution >= 0.6 is 0 Å². The molecular formula is C16H20N4O5. The molecule has 1 unspecified atom stereocenters. The Morgan fingerprint density at radius 1 is 1.44 bits per heavy atom. The van der Waals surface area contributed by atoms with Gasteiger partial charge in [0.25, 0.3) is 5.69 Å². The second-order valence-corrected chi connectivity index (χ2v) is 6.15. The maximum absolute atomic E-state index is 12.2. The van der Waals surface area contributed by atoms with Gasteiger partial charge >= 0.3 is 6.03 Å². The molecule has 2 N–H and O–H groups in total. The number of rotatable bonds is 6. The molecule has 25 heavy (non-hydrogen) atoms. The number of nitro benzene ring substituents is 1. The van der Waals surface area contributed by atoms with Crippen molar-refractivity contribution in [3.05, 3.63) is 28.3 Å². The standard InChI is InChI=1S/C16H20N4O5/c1-2-25-14-6-5-12(20(23)24)8-13(14)18-16(22)17-10-7-15(21)19(9-10)11-3-4-11/h5-6,8,10-11H,2-4,7,9H2,1H3,(H2,17,18,22). The molecule has 1 aromatic rings. The number of likely N-dealkylation sites (tertiary alicyclic amines) is 1. The topological polar surface area (TPSA) is 114 Å². The molecule has 1 aromatic carbocycles. The van der Waals surface area contributed by atoms with Gasteiger partial charge in [0.1, 0.15) is 5.75 Å². The lowest BCUT2D eigenvalue weighted by Crippen LogP contribution is -2.40. The van der Waals surface area contributed by atoms with Crippen LogP contribution in [0.5, 0.6) is 5.75 Å². The molecule has 2 fully saturated rings.